The first-order chi connectivity index (χ1) is 2.27. The Balaban J connectivity index is 0. The molecule has 1 radical (unpaired) electrons. The summed E-state index contributed by atoms with van der Waals surface area (Å²) in [7, 11) is 0. The van der Waals surface area contributed by atoms with Crippen molar-refractivity contribution in [2.75, 3.05) is 6.61 Å². The van der Waals surface area contributed by atoms with Gasteiger partial charge >= 0.3 is 0 Å². The van der Waals surface area contributed by atoms with Crippen molar-refractivity contribution < 1.29 is 26.8 Å². The van der Waals surface area contributed by atoms with E-state index in [9.17, 15) is 5.11 Å². The molecule has 0 atom stereocenters. The molecular formula is C4H9OTi. The van der Waals surface area contributed by atoms with Crippen LogP contribution in [0.15, 0.2) is 0 Å². The van der Waals surface area contributed by atoms with E-state index in [0.29, 0.717) is 5.92 Å². The smallest absolute Gasteiger partial charge is 0.0845 e. The van der Waals surface area contributed by atoms with Crippen molar-refractivity contribution in [1.29, 1.82) is 0 Å². The quantitative estimate of drug-likeness (QED) is 0.462. The molecule has 0 aliphatic carbocycles. The SMILES string of the molecule is CC(C)C[O].[Ti]. The third-order valence-electron chi connectivity index (χ3n) is 0.333. The zero-order valence-electron chi connectivity index (χ0n) is 4.19. The van der Waals surface area contributed by atoms with E-state index >= 15 is 0 Å². The summed E-state index contributed by atoms with van der Waals surface area (Å²) in [5.74, 6) is 0.329. The maximum absolute atomic E-state index is 9.63. The van der Waals surface area contributed by atoms with Crippen molar-refractivity contribution in [2.24, 2.45) is 5.92 Å². The zero-order chi connectivity index (χ0) is 4.28. The van der Waals surface area contributed by atoms with Crippen molar-refractivity contribution in [3.8, 4) is 0 Å². The van der Waals surface area contributed by atoms with Crippen molar-refractivity contribution >= 4 is 0 Å². The largest absolute Gasteiger partial charge is 0.236 e. The Morgan fingerprint density at radius 2 is 1.67 bits per heavy atom. The fourth-order valence-electron chi connectivity index (χ4n) is 0. The molecule has 0 fully saturated rings. The molecule has 35 valence electrons. The number of hydrogen-bond acceptors (Lipinski definition) is 0. The van der Waals surface area contributed by atoms with Crippen LogP contribution in [0.25, 0.3) is 0 Å². The first-order valence-corrected chi connectivity index (χ1v) is 1.85. The van der Waals surface area contributed by atoms with Gasteiger partial charge in [-0.05, 0) is 5.92 Å². The van der Waals surface area contributed by atoms with Crippen LogP contribution in [0.4, 0.5) is 0 Å². The van der Waals surface area contributed by atoms with Crippen LogP contribution in [0.1, 0.15) is 13.8 Å². The maximum atomic E-state index is 9.63. The van der Waals surface area contributed by atoms with E-state index in [1.807, 2.05) is 13.8 Å². The molecule has 2 heteroatoms. The van der Waals surface area contributed by atoms with Crippen LogP contribution < -0.4 is 0 Å². The topological polar surface area (TPSA) is 19.9 Å². The second-order valence-electron chi connectivity index (χ2n) is 1.56. The molecule has 0 N–H and O–H groups in total. The van der Waals surface area contributed by atoms with Crippen LogP contribution in [0, 0.1) is 5.92 Å². The molecule has 1 nitrogen and oxygen atoms in total. The van der Waals surface area contributed by atoms with Gasteiger partial charge in [-0.3, -0.25) is 0 Å². The summed E-state index contributed by atoms with van der Waals surface area (Å²) in [6.45, 7) is 3.88. The normalized spacial score (nSPS) is 8.00. The van der Waals surface area contributed by atoms with Crippen LogP contribution in [0.5, 0.6) is 0 Å². The summed E-state index contributed by atoms with van der Waals surface area (Å²) in [4.78, 5) is 0. The van der Waals surface area contributed by atoms with Gasteiger partial charge in [0.25, 0.3) is 0 Å². The predicted molar refractivity (Wildman–Crippen MR) is 20.4 cm³/mol. The molecule has 0 aliphatic rings. The first-order valence-electron chi connectivity index (χ1n) is 1.85. The molecule has 0 amide bonds. The van der Waals surface area contributed by atoms with E-state index in [1.54, 1.807) is 0 Å². The Labute approximate surface area is 53.6 Å². The average molecular weight is 121 g/mol. The molecule has 0 heterocycles. The molecule has 6 heavy (non-hydrogen) atoms. The van der Waals surface area contributed by atoms with Crippen molar-refractivity contribution in [2.45, 2.75) is 13.8 Å². The Bertz CT molecular complexity index is 21.5. The van der Waals surface area contributed by atoms with E-state index in [1.165, 1.54) is 0 Å². The van der Waals surface area contributed by atoms with E-state index in [2.05, 4.69) is 0 Å². The minimum atomic E-state index is 0. The zero-order valence-corrected chi connectivity index (χ0v) is 5.75. The summed E-state index contributed by atoms with van der Waals surface area (Å²) >= 11 is 0. The van der Waals surface area contributed by atoms with Crippen LogP contribution in [0.3, 0.4) is 0 Å². The van der Waals surface area contributed by atoms with Gasteiger partial charge in [-0.15, -0.1) is 0 Å². The summed E-state index contributed by atoms with van der Waals surface area (Å²) in [6.07, 6.45) is 0. The average Bonchev–Trinajstić information content (AvgIpc) is 1.38. The summed E-state index contributed by atoms with van der Waals surface area (Å²) < 4.78 is 0. The monoisotopic (exact) mass is 121 g/mol. The van der Waals surface area contributed by atoms with Crippen LogP contribution in [-0.4, -0.2) is 6.61 Å². The minimum absolute atomic E-state index is 0. The Morgan fingerprint density at radius 1 is 1.50 bits per heavy atom. The van der Waals surface area contributed by atoms with Gasteiger partial charge in [-0.25, -0.2) is 5.11 Å². The van der Waals surface area contributed by atoms with E-state index in [-0.39, 0.29) is 28.3 Å². The van der Waals surface area contributed by atoms with Crippen molar-refractivity contribution in [1.82, 2.24) is 0 Å². The molecule has 0 saturated carbocycles. The third kappa shape index (κ3) is 8.82. The van der Waals surface area contributed by atoms with Gasteiger partial charge in [0, 0.05) is 21.7 Å². The Morgan fingerprint density at radius 3 is 1.67 bits per heavy atom. The number of hydrogen-bond donors (Lipinski definition) is 0. The fourth-order valence-corrected chi connectivity index (χ4v) is 0. The van der Waals surface area contributed by atoms with Crippen LogP contribution >= 0.6 is 0 Å². The van der Waals surface area contributed by atoms with E-state index in [4.69, 9.17) is 0 Å². The molecule has 0 aliphatic heterocycles. The Kier molecular flexibility index (Phi) is 9.30. The molecule has 0 aromatic heterocycles. The van der Waals surface area contributed by atoms with Crippen LogP contribution in [-0.2, 0) is 26.8 Å². The van der Waals surface area contributed by atoms with E-state index in [0.717, 1.165) is 0 Å². The fraction of sp³-hybridized carbons (Fsp3) is 1.00. The summed E-state index contributed by atoms with van der Waals surface area (Å²) in [5.41, 5.74) is 0. The van der Waals surface area contributed by atoms with E-state index < -0.39 is 0 Å². The van der Waals surface area contributed by atoms with Gasteiger partial charge in [-0.2, -0.15) is 0 Å². The van der Waals surface area contributed by atoms with Gasteiger partial charge in [0.05, 0.1) is 6.61 Å². The van der Waals surface area contributed by atoms with Crippen LogP contribution in [0.2, 0.25) is 0 Å². The van der Waals surface area contributed by atoms with Crippen molar-refractivity contribution in [3.63, 3.8) is 0 Å². The minimum Gasteiger partial charge on any atom is -0.236 e. The Hall–Kier alpha value is 0.674. The summed E-state index contributed by atoms with van der Waals surface area (Å²) in [5, 5.41) is 9.63. The third-order valence-corrected chi connectivity index (χ3v) is 0.333. The molecule has 0 aromatic carbocycles. The molecular weight excluding hydrogens is 112 g/mol. The standard InChI is InChI=1S/C4H9O.Ti/c1-4(2)3-5;/h4H,3H2,1-2H3;. The molecule has 0 aromatic rings. The van der Waals surface area contributed by atoms with Gasteiger partial charge in [0.15, 0.2) is 0 Å². The second kappa shape index (κ2) is 5.67. The molecule has 0 saturated heterocycles. The molecule has 0 spiro atoms. The van der Waals surface area contributed by atoms with Crippen molar-refractivity contribution in [3.05, 3.63) is 0 Å². The van der Waals surface area contributed by atoms with Gasteiger partial charge in [0.1, 0.15) is 0 Å². The second-order valence-corrected chi connectivity index (χ2v) is 1.56. The molecule has 0 unspecified atom stereocenters. The summed E-state index contributed by atoms with van der Waals surface area (Å²) in [6, 6.07) is 0. The van der Waals surface area contributed by atoms with Gasteiger partial charge in [0.2, 0.25) is 0 Å². The van der Waals surface area contributed by atoms with Gasteiger partial charge < -0.3 is 0 Å². The first kappa shape index (κ1) is 9.84. The number of rotatable bonds is 1. The predicted octanol–water partition coefficient (Wildman–Crippen LogP) is 1.07. The molecule has 0 bridgehead atoms. The van der Waals surface area contributed by atoms with Gasteiger partial charge in [-0.1, -0.05) is 13.8 Å². The maximum Gasteiger partial charge on any atom is 0.0845 e. The molecule has 0 rings (SSSR count).